The summed E-state index contributed by atoms with van der Waals surface area (Å²) >= 11 is 3.29. The molecule has 142 valence electrons. The number of nitrogens with one attached hydrogen (secondary N) is 1. The quantitative estimate of drug-likeness (QED) is 0.656. The molecule has 0 aromatic heterocycles. The molecule has 2 aromatic rings. The Bertz CT molecular complexity index is 843. The topological polar surface area (TPSA) is 64.6 Å². The van der Waals surface area contributed by atoms with Crippen LogP contribution in [0.4, 0.5) is 0 Å². The molecule has 0 bridgehead atoms. The third-order valence-corrected chi connectivity index (χ3v) is 5.90. The lowest BCUT2D eigenvalue weighted by molar-refractivity contribution is 0.322. The highest BCUT2D eigenvalue weighted by Gasteiger charge is 2.16. The number of benzene rings is 2. The molecule has 26 heavy (non-hydrogen) atoms. The molecule has 0 aliphatic heterocycles. The number of methoxy groups -OCH3 is 1. The van der Waals surface area contributed by atoms with Gasteiger partial charge in [0.1, 0.15) is 18.1 Å². The molecule has 0 aliphatic carbocycles. The summed E-state index contributed by atoms with van der Waals surface area (Å²) in [5.41, 5.74) is 1.30. The van der Waals surface area contributed by atoms with E-state index >= 15 is 0 Å². The first-order valence-electron chi connectivity index (χ1n) is 8.20. The molecule has 5 nitrogen and oxygen atoms in total. The van der Waals surface area contributed by atoms with Crippen LogP contribution >= 0.6 is 15.9 Å². The summed E-state index contributed by atoms with van der Waals surface area (Å²) in [5, 5.41) is 0. The van der Waals surface area contributed by atoms with Crippen LogP contribution in [0.2, 0.25) is 0 Å². The zero-order valence-electron chi connectivity index (χ0n) is 15.4. The van der Waals surface area contributed by atoms with Gasteiger partial charge in [0, 0.05) is 6.54 Å². The summed E-state index contributed by atoms with van der Waals surface area (Å²) in [4.78, 5) is 0.166. The Kier molecular flexibility index (Phi) is 6.71. The van der Waals surface area contributed by atoms with Crippen LogP contribution in [0.5, 0.6) is 11.5 Å². The first kappa shape index (κ1) is 20.7. The lowest BCUT2D eigenvalue weighted by Gasteiger charge is -2.19. The maximum absolute atomic E-state index is 12.3. The third-order valence-electron chi connectivity index (χ3n) is 3.82. The maximum atomic E-state index is 12.3. The van der Waals surface area contributed by atoms with Crippen molar-refractivity contribution in [1.82, 2.24) is 4.72 Å². The van der Waals surface area contributed by atoms with E-state index < -0.39 is 10.0 Å². The van der Waals surface area contributed by atoms with Gasteiger partial charge in [-0.05, 0) is 57.2 Å². The highest BCUT2D eigenvalue weighted by molar-refractivity contribution is 9.10. The van der Waals surface area contributed by atoms with Gasteiger partial charge in [0.15, 0.2) is 0 Å². The number of ether oxygens (including phenoxy) is 2. The lowest BCUT2D eigenvalue weighted by Crippen LogP contribution is -2.28. The largest absolute Gasteiger partial charge is 0.496 e. The molecule has 0 spiro atoms. The zero-order chi connectivity index (χ0) is 19.4. The molecule has 0 amide bonds. The summed E-state index contributed by atoms with van der Waals surface area (Å²) in [6.07, 6.45) is 0. The van der Waals surface area contributed by atoms with Gasteiger partial charge in [-0.3, -0.25) is 0 Å². The molecule has 0 fully saturated rings. The van der Waals surface area contributed by atoms with Crippen LogP contribution in [0.15, 0.2) is 51.8 Å². The van der Waals surface area contributed by atoms with Gasteiger partial charge in [0.2, 0.25) is 10.0 Å². The zero-order valence-corrected chi connectivity index (χ0v) is 17.8. The Morgan fingerprint density at radius 1 is 1.08 bits per heavy atom. The third kappa shape index (κ3) is 5.46. The van der Waals surface area contributed by atoms with Crippen molar-refractivity contribution in [3.63, 3.8) is 0 Å². The predicted molar refractivity (Wildman–Crippen MR) is 107 cm³/mol. The van der Waals surface area contributed by atoms with Crippen LogP contribution < -0.4 is 14.2 Å². The molecule has 1 N–H and O–H groups in total. The SMILES string of the molecule is COc1ccc(S(=O)(=O)NCCOc2ccc(C(C)(C)C)cc2)cc1Br. The van der Waals surface area contributed by atoms with Crippen molar-refractivity contribution in [2.24, 2.45) is 0 Å². The summed E-state index contributed by atoms with van der Waals surface area (Å²) in [6, 6.07) is 12.4. The van der Waals surface area contributed by atoms with Crippen molar-refractivity contribution in [2.45, 2.75) is 31.1 Å². The van der Waals surface area contributed by atoms with Gasteiger partial charge in [-0.1, -0.05) is 32.9 Å². The van der Waals surface area contributed by atoms with Crippen molar-refractivity contribution in [2.75, 3.05) is 20.3 Å². The van der Waals surface area contributed by atoms with E-state index in [1.54, 1.807) is 6.07 Å². The van der Waals surface area contributed by atoms with E-state index in [4.69, 9.17) is 9.47 Å². The van der Waals surface area contributed by atoms with Gasteiger partial charge in [-0.15, -0.1) is 0 Å². The Morgan fingerprint density at radius 2 is 1.73 bits per heavy atom. The summed E-state index contributed by atoms with van der Waals surface area (Å²) < 4.78 is 38.5. The number of rotatable bonds is 7. The second-order valence-corrected chi connectivity index (χ2v) is 9.44. The molecule has 0 unspecified atom stereocenters. The van der Waals surface area contributed by atoms with Crippen molar-refractivity contribution < 1.29 is 17.9 Å². The predicted octanol–water partition coefficient (Wildman–Crippen LogP) is 4.11. The molecule has 2 aromatic carbocycles. The minimum Gasteiger partial charge on any atom is -0.496 e. The van der Waals surface area contributed by atoms with E-state index in [0.29, 0.717) is 16.0 Å². The summed E-state index contributed by atoms with van der Waals surface area (Å²) in [6.45, 7) is 6.86. The molecule has 0 saturated heterocycles. The normalized spacial score (nSPS) is 12.0. The Hall–Kier alpha value is -1.57. The Balaban J connectivity index is 1.90. The molecule has 0 saturated carbocycles. The van der Waals surface area contributed by atoms with Crippen LogP contribution in [-0.4, -0.2) is 28.7 Å². The number of halogens is 1. The second-order valence-electron chi connectivity index (χ2n) is 6.82. The Labute approximate surface area is 163 Å². The van der Waals surface area contributed by atoms with Gasteiger partial charge in [0.05, 0.1) is 16.5 Å². The van der Waals surface area contributed by atoms with Gasteiger partial charge in [-0.2, -0.15) is 0 Å². The molecule has 2 rings (SSSR count). The van der Waals surface area contributed by atoms with Gasteiger partial charge in [-0.25, -0.2) is 13.1 Å². The van der Waals surface area contributed by atoms with E-state index in [1.807, 2.05) is 24.3 Å². The average molecular weight is 442 g/mol. The van der Waals surface area contributed by atoms with Crippen molar-refractivity contribution in [3.05, 3.63) is 52.5 Å². The molecular weight excluding hydrogens is 418 g/mol. The minimum absolute atomic E-state index is 0.0841. The molecule has 0 aliphatic rings. The fraction of sp³-hybridized carbons (Fsp3) is 0.368. The molecule has 0 atom stereocenters. The van der Waals surface area contributed by atoms with Gasteiger partial charge in [0.25, 0.3) is 0 Å². The summed E-state index contributed by atoms with van der Waals surface area (Å²) in [7, 11) is -2.08. The second kappa shape index (κ2) is 8.41. The van der Waals surface area contributed by atoms with Crippen LogP contribution in [0.3, 0.4) is 0 Å². The lowest BCUT2D eigenvalue weighted by atomic mass is 9.87. The van der Waals surface area contributed by atoms with Crippen molar-refractivity contribution >= 4 is 26.0 Å². The van der Waals surface area contributed by atoms with Crippen LogP contribution in [0, 0.1) is 0 Å². The molecule has 0 heterocycles. The van der Waals surface area contributed by atoms with E-state index in [-0.39, 0.29) is 23.5 Å². The first-order valence-corrected chi connectivity index (χ1v) is 10.5. The highest BCUT2D eigenvalue weighted by atomic mass is 79.9. The molecule has 0 radical (unpaired) electrons. The summed E-state index contributed by atoms with van der Waals surface area (Å²) in [5.74, 6) is 1.29. The van der Waals surface area contributed by atoms with Gasteiger partial charge >= 0.3 is 0 Å². The average Bonchev–Trinajstić information content (AvgIpc) is 2.58. The Morgan fingerprint density at radius 3 is 2.27 bits per heavy atom. The van der Waals surface area contributed by atoms with Crippen LogP contribution in [0.25, 0.3) is 0 Å². The van der Waals surface area contributed by atoms with Crippen molar-refractivity contribution in [3.8, 4) is 11.5 Å². The van der Waals surface area contributed by atoms with Crippen molar-refractivity contribution in [1.29, 1.82) is 0 Å². The maximum Gasteiger partial charge on any atom is 0.240 e. The fourth-order valence-corrected chi connectivity index (χ4v) is 4.02. The standard InChI is InChI=1S/C19H24BrNO4S/c1-19(2,3)14-5-7-15(8-6-14)25-12-11-21-26(22,23)16-9-10-18(24-4)17(20)13-16/h5-10,13,21H,11-12H2,1-4H3. The smallest absolute Gasteiger partial charge is 0.240 e. The first-order chi connectivity index (χ1) is 12.1. The van der Waals surface area contributed by atoms with E-state index in [0.717, 1.165) is 0 Å². The highest BCUT2D eigenvalue weighted by Crippen LogP contribution is 2.27. The molecular formula is C19H24BrNO4S. The van der Waals surface area contributed by atoms with E-state index in [2.05, 4.69) is 41.4 Å². The van der Waals surface area contributed by atoms with Crippen LogP contribution in [0.1, 0.15) is 26.3 Å². The fourth-order valence-electron chi connectivity index (χ4n) is 2.29. The number of sulfonamides is 1. The number of hydrogen-bond donors (Lipinski definition) is 1. The monoisotopic (exact) mass is 441 g/mol. The van der Waals surface area contributed by atoms with Gasteiger partial charge < -0.3 is 9.47 Å². The number of hydrogen-bond acceptors (Lipinski definition) is 4. The van der Waals surface area contributed by atoms with E-state index in [9.17, 15) is 8.42 Å². The van der Waals surface area contributed by atoms with E-state index in [1.165, 1.54) is 24.8 Å². The minimum atomic E-state index is -3.60. The molecule has 7 heteroatoms. The van der Waals surface area contributed by atoms with Crippen LogP contribution in [-0.2, 0) is 15.4 Å².